The summed E-state index contributed by atoms with van der Waals surface area (Å²) < 4.78 is 7.49. The number of hydrogen-bond acceptors (Lipinski definition) is 3. The van der Waals surface area contributed by atoms with Crippen LogP contribution < -0.4 is 5.32 Å². The first-order valence-electron chi connectivity index (χ1n) is 7.79. The van der Waals surface area contributed by atoms with E-state index in [9.17, 15) is 4.79 Å². The molecule has 1 aromatic rings. The molecule has 1 heterocycles. The van der Waals surface area contributed by atoms with Gasteiger partial charge in [0.2, 0.25) is 0 Å². The van der Waals surface area contributed by atoms with E-state index in [-0.39, 0.29) is 11.6 Å². The second-order valence-corrected chi connectivity index (χ2v) is 7.17. The number of carbonyl (C=O) groups excluding carboxylic acids is 1. The summed E-state index contributed by atoms with van der Waals surface area (Å²) in [5, 5.41) is 2.82. The van der Waals surface area contributed by atoms with Crippen LogP contribution in [-0.4, -0.2) is 21.2 Å². The number of rotatable bonds is 3. The predicted molar refractivity (Wildman–Crippen MR) is 82.0 cm³/mol. The van der Waals surface area contributed by atoms with Crippen LogP contribution in [0.3, 0.4) is 0 Å². The zero-order chi connectivity index (χ0) is 15.5. The van der Waals surface area contributed by atoms with Gasteiger partial charge in [-0.2, -0.15) is 0 Å². The van der Waals surface area contributed by atoms with E-state index in [1.165, 1.54) is 32.1 Å². The molecule has 1 saturated carbocycles. The van der Waals surface area contributed by atoms with E-state index in [1.54, 1.807) is 0 Å². The molecule has 0 radical (unpaired) electrons. The van der Waals surface area contributed by atoms with Gasteiger partial charge in [0.15, 0.2) is 0 Å². The lowest BCUT2D eigenvalue weighted by Gasteiger charge is -2.36. The van der Waals surface area contributed by atoms with E-state index in [2.05, 4.69) is 21.8 Å². The van der Waals surface area contributed by atoms with Crippen molar-refractivity contribution in [3.63, 3.8) is 0 Å². The largest absolute Gasteiger partial charge is 0.444 e. The average Bonchev–Trinajstić information content (AvgIpc) is 2.84. The molecule has 1 aliphatic rings. The molecular formula is C16H27N3O2. The van der Waals surface area contributed by atoms with Crippen molar-refractivity contribution in [3.8, 4) is 0 Å². The van der Waals surface area contributed by atoms with Crippen molar-refractivity contribution in [3.05, 3.63) is 18.2 Å². The number of alkyl carbamates (subject to hydrolysis) is 1. The third-order valence-electron chi connectivity index (χ3n) is 4.04. The van der Waals surface area contributed by atoms with Gasteiger partial charge in [-0.25, -0.2) is 9.78 Å². The predicted octanol–water partition coefficient (Wildman–Crippen LogP) is 3.59. The zero-order valence-corrected chi connectivity index (χ0v) is 13.6. The minimum atomic E-state index is -0.473. The van der Waals surface area contributed by atoms with Crippen molar-refractivity contribution in [2.75, 3.05) is 0 Å². The molecule has 118 valence electrons. The van der Waals surface area contributed by atoms with Crippen molar-refractivity contribution in [2.24, 2.45) is 0 Å². The molecule has 21 heavy (non-hydrogen) atoms. The molecule has 5 nitrogen and oxygen atoms in total. The fourth-order valence-electron chi connectivity index (χ4n) is 2.97. The highest BCUT2D eigenvalue weighted by Crippen LogP contribution is 2.35. The zero-order valence-electron chi connectivity index (χ0n) is 13.6. The maximum Gasteiger partial charge on any atom is 0.407 e. The Hall–Kier alpha value is -1.52. The van der Waals surface area contributed by atoms with Gasteiger partial charge >= 0.3 is 6.09 Å². The van der Waals surface area contributed by atoms with Crippen molar-refractivity contribution < 1.29 is 9.53 Å². The fourth-order valence-corrected chi connectivity index (χ4v) is 2.97. The summed E-state index contributed by atoms with van der Waals surface area (Å²) in [5.41, 5.74) is 0.685. The summed E-state index contributed by atoms with van der Waals surface area (Å²) in [6.07, 6.45) is 9.50. The molecule has 0 atom stereocenters. The van der Waals surface area contributed by atoms with Crippen LogP contribution in [0.4, 0.5) is 4.79 Å². The molecular weight excluding hydrogens is 266 g/mol. The van der Waals surface area contributed by atoms with Crippen molar-refractivity contribution in [1.82, 2.24) is 14.9 Å². The maximum absolute atomic E-state index is 11.8. The molecule has 1 aromatic heterocycles. The second kappa shape index (κ2) is 6.08. The first-order valence-corrected chi connectivity index (χ1v) is 7.79. The summed E-state index contributed by atoms with van der Waals surface area (Å²) in [6, 6.07) is 0. The molecule has 1 aliphatic carbocycles. The Morgan fingerprint density at radius 1 is 1.38 bits per heavy atom. The Kier molecular flexibility index (Phi) is 4.59. The number of amides is 1. The molecule has 1 N–H and O–H groups in total. The average molecular weight is 293 g/mol. The first-order chi connectivity index (χ1) is 9.80. The fraction of sp³-hybridized carbons (Fsp3) is 0.750. The molecule has 0 spiro atoms. The lowest BCUT2D eigenvalue weighted by atomic mass is 9.83. The minimum absolute atomic E-state index is 0.125. The van der Waals surface area contributed by atoms with E-state index < -0.39 is 5.60 Å². The lowest BCUT2D eigenvalue weighted by molar-refractivity contribution is 0.0521. The molecule has 0 aliphatic heterocycles. The van der Waals surface area contributed by atoms with Crippen LogP contribution in [0.15, 0.2) is 12.5 Å². The topological polar surface area (TPSA) is 56.1 Å². The standard InChI is InChI=1S/C16H27N3O2/c1-15(2,3)21-14(20)18-11-13-10-17-12-19(13)16(4)8-6-5-7-9-16/h10,12H,5-9,11H2,1-4H3,(H,18,20). The van der Waals surface area contributed by atoms with E-state index >= 15 is 0 Å². The van der Waals surface area contributed by atoms with Crippen LogP contribution >= 0.6 is 0 Å². The van der Waals surface area contributed by atoms with Gasteiger partial charge in [-0.05, 0) is 40.5 Å². The van der Waals surface area contributed by atoms with Crippen LogP contribution in [0.2, 0.25) is 0 Å². The van der Waals surface area contributed by atoms with Gasteiger partial charge in [-0.15, -0.1) is 0 Å². The minimum Gasteiger partial charge on any atom is -0.444 e. The van der Waals surface area contributed by atoms with Gasteiger partial charge in [0.05, 0.1) is 18.6 Å². The first kappa shape index (κ1) is 15.9. The van der Waals surface area contributed by atoms with E-state index in [4.69, 9.17) is 4.74 Å². The monoisotopic (exact) mass is 293 g/mol. The Bertz CT molecular complexity index is 482. The van der Waals surface area contributed by atoms with Crippen LogP contribution in [0.25, 0.3) is 0 Å². The van der Waals surface area contributed by atoms with E-state index in [0.29, 0.717) is 6.54 Å². The SMILES string of the molecule is CC(C)(C)OC(=O)NCc1cncn1C1(C)CCCCC1. The molecule has 0 saturated heterocycles. The van der Waals surface area contributed by atoms with Crippen molar-refractivity contribution in [1.29, 1.82) is 0 Å². The highest BCUT2D eigenvalue weighted by molar-refractivity contribution is 5.67. The molecule has 1 amide bonds. The second-order valence-electron chi connectivity index (χ2n) is 7.17. The van der Waals surface area contributed by atoms with Crippen molar-refractivity contribution in [2.45, 2.75) is 77.5 Å². The van der Waals surface area contributed by atoms with Crippen LogP contribution in [0, 0.1) is 0 Å². The summed E-state index contributed by atoms with van der Waals surface area (Å²) in [7, 11) is 0. The summed E-state index contributed by atoms with van der Waals surface area (Å²) in [6.45, 7) is 8.31. The number of nitrogens with one attached hydrogen (secondary N) is 1. The number of carbonyl (C=O) groups is 1. The summed E-state index contributed by atoms with van der Waals surface area (Å²) in [4.78, 5) is 16.0. The number of aromatic nitrogens is 2. The quantitative estimate of drug-likeness (QED) is 0.926. The Balaban J connectivity index is 1.99. The Labute approximate surface area is 127 Å². The molecule has 0 unspecified atom stereocenters. The molecule has 0 bridgehead atoms. The van der Waals surface area contributed by atoms with Crippen LogP contribution in [-0.2, 0) is 16.8 Å². The lowest BCUT2D eigenvalue weighted by Crippen LogP contribution is -2.36. The Morgan fingerprint density at radius 2 is 2.05 bits per heavy atom. The van der Waals surface area contributed by atoms with Gasteiger partial charge in [0.1, 0.15) is 5.60 Å². The van der Waals surface area contributed by atoms with Crippen LogP contribution in [0.5, 0.6) is 0 Å². The number of ether oxygens (including phenoxy) is 1. The van der Waals surface area contributed by atoms with Crippen LogP contribution in [0.1, 0.15) is 65.5 Å². The third kappa shape index (κ3) is 4.22. The number of nitrogens with zero attached hydrogens (tertiary/aromatic N) is 2. The third-order valence-corrected chi connectivity index (χ3v) is 4.04. The number of imidazole rings is 1. The highest BCUT2D eigenvalue weighted by Gasteiger charge is 2.30. The van der Waals surface area contributed by atoms with E-state index in [1.807, 2.05) is 33.3 Å². The maximum atomic E-state index is 11.8. The summed E-state index contributed by atoms with van der Waals surface area (Å²) in [5.74, 6) is 0. The van der Waals surface area contributed by atoms with E-state index in [0.717, 1.165) is 5.69 Å². The highest BCUT2D eigenvalue weighted by atomic mass is 16.6. The van der Waals surface area contributed by atoms with Gasteiger partial charge in [-0.3, -0.25) is 0 Å². The molecule has 0 aromatic carbocycles. The smallest absolute Gasteiger partial charge is 0.407 e. The van der Waals surface area contributed by atoms with Gasteiger partial charge in [0.25, 0.3) is 0 Å². The van der Waals surface area contributed by atoms with Gasteiger partial charge in [-0.1, -0.05) is 19.3 Å². The van der Waals surface area contributed by atoms with Gasteiger partial charge < -0.3 is 14.6 Å². The molecule has 2 rings (SSSR count). The summed E-state index contributed by atoms with van der Waals surface area (Å²) >= 11 is 0. The molecule has 1 fully saturated rings. The van der Waals surface area contributed by atoms with Gasteiger partial charge in [0, 0.05) is 11.7 Å². The normalized spacial score (nSPS) is 18.3. The number of hydrogen-bond donors (Lipinski definition) is 1. The Morgan fingerprint density at radius 3 is 2.67 bits per heavy atom. The van der Waals surface area contributed by atoms with Crippen molar-refractivity contribution >= 4 is 6.09 Å². The molecule has 5 heteroatoms.